The number of pyridine rings is 1. The molecule has 0 saturated heterocycles. The van der Waals surface area contributed by atoms with E-state index in [-0.39, 0.29) is 11.9 Å². The van der Waals surface area contributed by atoms with Gasteiger partial charge in [-0.2, -0.15) is 0 Å². The molecule has 0 spiro atoms. The minimum atomic E-state index is 0.0229. The summed E-state index contributed by atoms with van der Waals surface area (Å²) in [7, 11) is 1.76. The van der Waals surface area contributed by atoms with E-state index in [2.05, 4.69) is 39.2 Å². The van der Waals surface area contributed by atoms with Gasteiger partial charge in [-0.3, -0.25) is 9.78 Å². The zero-order chi connectivity index (χ0) is 19.2. The Hall–Kier alpha value is -2.75. The molecule has 142 valence electrons. The molecule has 10 heteroatoms. The highest BCUT2D eigenvalue weighted by atomic mass is 32.2. The number of hydrogen-bond donors (Lipinski definition) is 0. The molecule has 0 unspecified atom stereocenters. The Morgan fingerprint density at radius 2 is 2.04 bits per heavy atom. The van der Waals surface area contributed by atoms with Gasteiger partial charge in [0.25, 0.3) is 5.22 Å². The highest BCUT2D eigenvalue weighted by Crippen LogP contribution is 2.23. The topological polar surface area (TPSA) is 103 Å². The quantitative estimate of drug-likeness (QED) is 0.543. The van der Waals surface area contributed by atoms with E-state index >= 15 is 0 Å². The number of aromatic nitrogens is 6. The molecule has 0 N–H and O–H groups in total. The normalized spacial score (nSPS) is 11.1. The third-order valence-corrected chi connectivity index (χ3v) is 4.70. The van der Waals surface area contributed by atoms with Gasteiger partial charge in [-0.1, -0.05) is 11.8 Å². The van der Waals surface area contributed by atoms with Crippen molar-refractivity contribution in [2.45, 2.75) is 38.1 Å². The van der Waals surface area contributed by atoms with Crippen molar-refractivity contribution in [2.24, 2.45) is 0 Å². The molecule has 0 aliphatic heterocycles. The van der Waals surface area contributed by atoms with Crippen LogP contribution in [0.25, 0.3) is 11.5 Å². The van der Waals surface area contributed by atoms with Crippen LogP contribution < -0.4 is 0 Å². The minimum absolute atomic E-state index is 0.0229. The first-order valence-electron chi connectivity index (χ1n) is 8.53. The van der Waals surface area contributed by atoms with Crippen molar-refractivity contribution in [1.82, 2.24) is 34.8 Å². The maximum Gasteiger partial charge on any atom is 0.276 e. The molecule has 1 amide bonds. The summed E-state index contributed by atoms with van der Waals surface area (Å²) in [5.41, 5.74) is 0.814. The van der Waals surface area contributed by atoms with E-state index in [0.717, 1.165) is 11.4 Å². The maximum atomic E-state index is 12.3. The summed E-state index contributed by atoms with van der Waals surface area (Å²) in [6, 6.07) is 3.85. The van der Waals surface area contributed by atoms with E-state index in [1.807, 2.05) is 4.57 Å². The van der Waals surface area contributed by atoms with Crippen LogP contribution in [0.2, 0.25) is 0 Å². The first-order chi connectivity index (χ1) is 13.0. The second kappa shape index (κ2) is 8.76. The number of carbonyl (C=O) groups excluding carboxylic acids is 1. The zero-order valence-corrected chi connectivity index (χ0v) is 16.3. The van der Waals surface area contributed by atoms with Crippen LogP contribution in [0.4, 0.5) is 0 Å². The number of nitrogens with zero attached hydrogens (tertiary/aromatic N) is 7. The average Bonchev–Trinajstić information content (AvgIpc) is 3.32. The fourth-order valence-corrected chi connectivity index (χ4v) is 3.09. The Morgan fingerprint density at radius 3 is 2.78 bits per heavy atom. The standard InChI is InChI=1S/C17H21N7O2S/c1-12(2)24-11-19-20-14(24)10-23(3)15(25)6-9-27-17-22-21-16(26-17)13-4-7-18-8-5-13/h4-5,7-8,11-12H,6,9-10H2,1-3H3. The van der Waals surface area contributed by atoms with E-state index in [0.29, 0.717) is 29.8 Å². The summed E-state index contributed by atoms with van der Waals surface area (Å²) < 4.78 is 7.56. The second-order valence-corrected chi connectivity index (χ2v) is 7.25. The monoisotopic (exact) mass is 387 g/mol. The number of carbonyl (C=O) groups is 1. The Morgan fingerprint density at radius 1 is 1.26 bits per heavy atom. The summed E-state index contributed by atoms with van der Waals surface area (Å²) >= 11 is 1.36. The number of amides is 1. The van der Waals surface area contributed by atoms with E-state index < -0.39 is 0 Å². The lowest BCUT2D eigenvalue weighted by Crippen LogP contribution is -2.28. The molecule has 9 nitrogen and oxygen atoms in total. The molecule has 0 radical (unpaired) electrons. The van der Waals surface area contributed by atoms with Gasteiger partial charge in [0.2, 0.25) is 11.8 Å². The van der Waals surface area contributed by atoms with Crippen molar-refractivity contribution in [3.8, 4) is 11.5 Å². The minimum Gasteiger partial charge on any atom is -0.411 e. The van der Waals surface area contributed by atoms with Crippen molar-refractivity contribution in [3.63, 3.8) is 0 Å². The largest absolute Gasteiger partial charge is 0.411 e. The molecule has 3 heterocycles. The predicted octanol–water partition coefficient (Wildman–Crippen LogP) is 2.44. The highest BCUT2D eigenvalue weighted by molar-refractivity contribution is 7.99. The smallest absolute Gasteiger partial charge is 0.276 e. The molecule has 0 fully saturated rings. The van der Waals surface area contributed by atoms with Gasteiger partial charge in [0, 0.05) is 43.2 Å². The molecule has 0 aromatic carbocycles. The zero-order valence-electron chi connectivity index (χ0n) is 15.4. The van der Waals surface area contributed by atoms with Gasteiger partial charge in [-0.05, 0) is 26.0 Å². The van der Waals surface area contributed by atoms with Crippen LogP contribution in [0.3, 0.4) is 0 Å². The van der Waals surface area contributed by atoms with E-state index in [1.54, 1.807) is 42.8 Å². The van der Waals surface area contributed by atoms with Crippen LogP contribution in [0.15, 0.2) is 40.5 Å². The lowest BCUT2D eigenvalue weighted by atomic mass is 10.3. The molecule has 0 bridgehead atoms. The molecule has 3 aromatic heterocycles. The third kappa shape index (κ3) is 4.91. The lowest BCUT2D eigenvalue weighted by Gasteiger charge is -2.18. The summed E-state index contributed by atoms with van der Waals surface area (Å²) in [5, 5.41) is 16.5. The summed E-state index contributed by atoms with van der Waals surface area (Å²) in [4.78, 5) is 18.0. The summed E-state index contributed by atoms with van der Waals surface area (Å²) in [6.07, 6.45) is 5.38. The lowest BCUT2D eigenvalue weighted by molar-refractivity contribution is -0.130. The summed E-state index contributed by atoms with van der Waals surface area (Å²) in [5.74, 6) is 1.79. The van der Waals surface area contributed by atoms with Gasteiger partial charge in [0.1, 0.15) is 6.33 Å². The van der Waals surface area contributed by atoms with Gasteiger partial charge >= 0.3 is 0 Å². The Balaban J connectivity index is 1.48. The Labute approximate surface area is 161 Å². The Kier molecular flexibility index (Phi) is 6.17. The molecule has 3 rings (SSSR count). The fraction of sp³-hybridized carbons (Fsp3) is 0.412. The van der Waals surface area contributed by atoms with Crippen molar-refractivity contribution in [2.75, 3.05) is 12.8 Å². The second-order valence-electron chi connectivity index (χ2n) is 6.21. The van der Waals surface area contributed by atoms with E-state index in [9.17, 15) is 4.79 Å². The van der Waals surface area contributed by atoms with Gasteiger partial charge < -0.3 is 13.9 Å². The van der Waals surface area contributed by atoms with Crippen molar-refractivity contribution >= 4 is 17.7 Å². The van der Waals surface area contributed by atoms with Gasteiger partial charge in [-0.25, -0.2) is 0 Å². The molecule has 3 aromatic rings. The van der Waals surface area contributed by atoms with Crippen molar-refractivity contribution < 1.29 is 9.21 Å². The van der Waals surface area contributed by atoms with Gasteiger partial charge in [-0.15, -0.1) is 20.4 Å². The van der Waals surface area contributed by atoms with E-state index in [1.165, 1.54) is 11.8 Å². The molecule has 27 heavy (non-hydrogen) atoms. The van der Waals surface area contributed by atoms with E-state index in [4.69, 9.17) is 4.42 Å². The van der Waals surface area contributed by atoms with Crippen LogP contribution >= 0.6 is 11.8 Å². The van der Waals surface area contributed by atoms with Gasteiger partial charge in [0.15, 0.2) is 5.82 Å². The SMILES string of the molecule is CC(C)n1cnnc1CN(C)C(=O)CCSc1nnc(-c2ccncc2)o1. The van der Waals surface area contributed by atoms with Crippen LogP contribution in [0.1, 0.15) is 32.1 Å². The van der Waals surface area contributed by atoms with Crippen LogP contribution in [0, 0.1) is 0 Å². The summed E-state index contributed by atoms with van der Waals surface area (Å²) in [6.45, 7) is 4.53. The molecule has 0 aliphatic rings. The van der Waals surface area contributed by atoms with Crippen LogP contribution in [0.5, 0.6) is 0 Å². The fourth-order valence-electron chi connectivity index (χ4n) is 2.41. The maximum absolute atomic E-state index is 12.3. The molecule has 0 saturated carbocycles. The van der Waals surface area contributed by atoms with Crippen LogP contribution in [-0.4, -0.2) is 53.6 Å². The molecular weight excluding hydrogens is 366 g/mol. The van der Waals surface area contributed by atoms with Crippen molar-refractivity contribution in [1.29, 1.82) is 0 Å². The first-order valence-corrected chi connectivity index (χ1v) is 9.52. The van der Waals surface area contributed by atoms with Crippen LogP contribution in [-0.2, 0) is 11.3 Å². The molecule has 0 atom stereocenters. The molecular formula is C17H21N7O2S. The number of rotatable bonds is 8. The Bertz CT molecular complexity index is 878. The van der Waals surface area contributed by atoms with Crippen molar-refractivity contribution in [3.05, 3.63) is 36.7 Å². The molecule has 0 aliphatic carbocycles. The highest BCUT2D eigenvalue weighted by Gasteiger charge is 2.15. The average molecular weight is 387 g/mol. The predicted molar refractivity (Wildman–Crippen MR) is 99.8 cm³/mol. The third-order valence-electron chi connectivity index (χ3n) is 3.88. The first kappa shape index (κ1) is 19.0. The van der Waals surface area contributed by atoms with Gasteiger partial charge in [0.05, 0.1) is 6.54 Å². The number of thioether (sulfide) groups is 1. The number of hydrogen-bond acceptors (Lipinski definition) is 8.